The molecule has 0 saturated heterocycles. The molecule has 0 saturated carbocycles. The molecule has 0 unspecified atom stereocenters. The van der Waals surface area contributed by atoms with Gasteiger partial charge in [0.15, 0.2) is 0 Å². The van der Waals surface area contributed by atoms with Gasteiger partial charge in [0.1, 0.15) is 0 Å². The molecule has 0 N–H and O–H groups in total. The average molecular weight is 385 g/mol. The Balaban J connectivity index is 2.23. The van der Waals surface area contributed by atoms with Crippen molar-refractivity contribution in [2.75, 3.05) is 0 Å². The molecule has 0 bridgehead atoms. The largest absolute Gasteiger partial charge is 0.146 e. The van der Waals surface area contributed by atoms with Gasteiger partial charge in [-0.1, -0.05) is 51.8 Å². The molecule has 2 aromatic carbocycles. The van der Waals surface area contributed by atoms with Crippen LogP contribution >= 0.6 is 27.3 Å². The van der Waals surface area contributed by atoms with Crippen LogP contribution in [0.4, 0.5) is 0 Å². The lowest BCUT2D eigenvalue weighted by Gasteiger charge is -2.21. The van der Waals surface area contributed by atoms with Gasteiger partial charge >= 0.3 is 0 Å². The van der Waals surface area contributed by atoms with Gasteiger partial charge in [-0.25, -0.2) is 0 Å². The first-order valence-corrected chi connectivity index (χ1v) is 9.46. The molecule has 23 heavy (non-hydrogen) atoms. The minimum atomic E-state index is 0.299. The van der Waals surface area contributed by atoms with Gasteiger partial charge in [0.25, 0.3) is 0 Å². The van der Waals surface area contributed by atoms with Crippen LogP contribution in [0, 0.1) is 27.7 Å². The van der Waals surface area contributed by atoms with Gasteiger partial charge in [-0.15, -0.1) is 11.3 Å². The second kappa shape index (κ2) is 6.62. The van der Waals surface area contributed by atoms with E-state index < -0.39 is 0 Å². The maximum atomic E-state index is 3.55. The number of aryl methyl sites for hydroxylation is 4. The number of benzene rings is 2. The molecule has 0 spiro atoms. The van der Waals surface area contributed by atoms with Crippen molar-refractivity contribution < 1.29 is 0 Å². The first kappa shape index (κ1) is 16.5. The van der Waals surface area contributed by atoms with E-state index in [1.807, 2.05) is 11.3 Å². The van der Waals surface area contributed by atoms with Gasteiger partial charge in [0.2, 0.25) is 0 Å². The molecule has 0 aliphatic carbocycles. The fraction of sp³-hybridized carbons (Fsp3) is 0.238. The minimum absolute atomic E-state index is 0.299. The van der Waals surface area contributed by atoms with E-state index in [0.717, 1.165) is 4.47 Å². The molecular formula is C21H21BrS. The van der Waals surface area contributed by atoms with Gasteiger partial charge in [0, 0.05) is 20.1 Å². The van der Waals surface area contributed by atoms with Crippen LogP contribution in [-0.2, 0) is 0 Å². The van der Waals surface area contributed by atoms with Crippen molar-refractivity contribution in [2.24, 2.45) is 0 Å². The first-order valence-electron chi connectivity index (χ1n) is 7.85. The van der Waals surface area contributed by atoms with E-state index in [4.69, 9.17) is 0 Å². The van der Waals surface area contributed by atoms with Gasteiger partial charge in [0.05, 0.1) is 0 Å². The maximum Gasteiger partial charge on any atom is 0.0353 e. The van der Waals surface area contributed by atoms with Gasteiger partial charge in [-0.2, -0.15) is 0 Å². The number of rotatable bonds is 3. The van der Waals surface area contributed by atoms with Crippen LogP contribution in [0.2, 0.25) is 0 Å². The number of hydrogen-bond donors (Lipinski definition) is 0. The molecule has 1 atom stereocenters. The predicted molar refractivity (Wildman–Crippen MR) is 105 cm³/mol. The summed E-state index contributed by atoms with van der Waals surface area (Å²) in [7, 11) is 0. The third-order valence-electron chi connectivity index (χ3n) is 4.34. The average Bonchev–Trinajstić information content (AvgIpc) is 2.83. The Morgan fingerprint density at radius 3 is 2.13 bits per heavy atom. The van der Waals surface area contributed by atoms with Crippen LogP contribution in [0.5, 0.6) is 0 Å². The second-order valence-electron chi connectivity index (χ2n) is 6.21. The summed E-state index contributed by atoms with van der Waals surface area (Å²) in [6.07, 6.45) is 0. The van der Waals surface area contributed by atoms with Gasteiger partial charge in [-0.05, 0) is 68.1 Å². The molecule has 1 heterocycles. The van der Waals surface area contributed by atoms with Crippen molar-refractivity contribution in [3.8, 4) is 0 Å². The zero-order chi connectivity index (χ0) is 16.6. The monoisotopic (exact) mass is 384 g/mol. The highest BCUT2D eigenvalue weighted by Gasteiger charge is 2.22. The summed E-state index contributed by atoms with van der Waals surface area (Å²) in [4.78, 5) is 2.79. The Morgan fingerprint density at radius 1 is 0.826 bits per heavy atom. The molecule has 2 heteroatoms. The van der Waals surface area contributed by atoms with Crippen molar-refractivity contribution in [1.29, 1.82) is 0 Å². The Bertz CT molecular complexity index is 828. The number of halogens is 1. The maximum absolute atomic E-state index is 3.55. The Morgan fingerprint density at radius 2 is 1.52 bits per heavy atom. The molecule has 0 nitrogen and oxygen atoms in total. The zero-order valence-corrected chi connectivity index (χ0v) is 16.4. The molecule has 118 valence electrons. The summed E-state index contributed by atoms with van der Waals surface area (Å²) < 4.78 is 1.12. The lowest BCUT2D eigenvalue weighted by Crippen LogP contribution is -2.06. The van der Waals surface area contributed by atoms with Crippen LogP contribution in [0.1, 0.15) is 43.5 Å². The Kier molecular flexibility index (Phi) is 4.74. The molecule has 0 aliphatic heterocycles. The summed E-state index contributed by atoms with van der Waals surface area (Å²) >= 11 is 5.44. The minimum Gasteiger partial charge on any atom is -0.146 e. The molecule has 1 aromatic heterocycles. The topological polar surface area (TPSA) is 0 Å². The summed E-state index contributed by atoms with van der Waals surface area (Å²) in [5.74, 6) is 0.299. The number of hydrogen-bond acceptors (Lipinski definition) is 1. The first-order chi connectivity index (χ1) is 11.0. The normalized spacial score (nSPS) is 12.4. The quantitative estimate of drug-likeness (QED) is 0.459. The van der Waals surface area contributed by atoms with Gasteiger partial charge < -0.3 is 0 Å². The van der Waals surface area contributed by atoms with Crippen molar-refractivity contribution >= 4 is 27.3 Å². The van der Waals surface area contributed by atoms with Crippen molar-refractivity contribution in [1.82, 2.24) is 0 Å². The van der Waals surface area contributed by atoms with Crippen LogP contribution in [0.25, 0.3) is 0 Å². The molecule has 0 amide bonds. The summed E-state index contributed by atoms with van der Waals surface area (Å²) in [5, 5.41) is 0. The molecule has 0 radical (unpaired) electrons. The Hall–Kier alpha value is -1.38. The van der Waals surface area contributed by atoms with Crippen molar-refractivity contribution in [3.63, 3.8) is 0 Å². The smallest absolute Gasteiger partial charge is 0.0353 e. The number of thiophene rings is 1. The van der Waals surface area contributed by atoms with E-state index in [1.165, 1.54) is 37.6 Å². The highest BCUT2D eigenvalue weighted by Crippen LogP contribution is 2.39. The second-order valence-corrected chi connectivity index (χ2v) is 8.59. The van der Waals surface area contributed by atoms with E-state index in [9.17, 15) is 0 Å². The fourth-order valence-corrected chi connectivity index (χ4v) is 4.42. The van der Waals surface area contributed by atoms with Crippen LogP contribution in [0.15, 0.2) is 53.0 Å². The highest BCUT2D eigenvalue weighted by atomic mass is 79.9. The van der Waals surface area contributed by atoms with Crippen LogP contribution < -0.4 is 0 Å². The predicted octanol–water partition coefficient (Wildman–Crippen LogP) is 6.92. The Labute approximate surface area is 151 Å². The third-order valence-corrected chi connectivity index (χ3v) is 5.85. The summed E-state index contributed by atoms with van der Waals surface area (Å²) in [6, 6.07) is 17.9. The van der Waals surface area contributed by atoms with Gasteiger partial charge in [-0.3, -0.25) is 0 Å². The van der Waals surface area contributed by atoms with E-state index >= 15 is 0 Å². The molecule has 3 rings (SSSR count). The molecule has 3 aromatic rings. The van der Waals surface area contributed by atoms with E-state index in [0.29, 0.717) is 5.92 Å². The SMILES string of the molecule is Cc1ccc(C)c([C@H](c2ccc(Br)cc2)c2cc(C)sc2C)c1. The van der Waals surface area contributed by atoms with E-state index in [2.05, 4.69) is 92.2 Å². The van der Waals surface area contributed by atoms with E-state index in [-0.39, 0.29) is 0 Å². The third kappa shape index (κ3) is 3.44. The molecule has 0 aliphatic rings. The lowest BCUT2D eigenvalue weighted by atomic mass is 9.82. The lowest BCUT2D eigenvalue weighted by molar-refractivity contribution is 0.955. The molecular weight excluding hydrogens is 364 g/mol. The highest BCUT2D eigenvalue weighted by molar-refractivity contribution is 9.10. The summed E-state index contributed by atoms with van der Waals surface area (Å²) in [5.41, 5.74) is 6.86. The zero-order valence-electron chi connectivity index (χ0n) is 14.0. The molecule has 0 fully saturated rings. The fourth-order valence-electron chi connectivity index (χ4n) is 3.19. The van der Waals surface area contributed by atoms with E-state index in [1.54, 1.807) is 0 Å². The van der Waals surface area contributed by atoms with Crippen molar-refractivity contribution in [3.05, 3.63) is 90.6 Å². The summed E-state index contributed by atoms with van der Waals surface area (Å²) in [6.45, 7) is 8.83. The standard InChI is InChI=1S/C21H21BrS/c1-13-5-6-14(2)19(11-13)21(17-7-9-18(22)10-8-17)20-12-15(3)23-16(20)4/h5-12,21H,1-4H3/t21-/m0/s1. The van der Waals surface area contributed by atoms with Crippen molar-refractivity contribution in [2.45, 2.75) is 33.6 Å². The van der Waals surface area contributed by atoms with Crippen LogP contribution in [-0.4, -0.2) is 0 Å². The van der Waals surface area contributed by atoms with Crippen LogP contribution in [0.3, 0.4) is 0 Å².